The van der Waals surface area contributed by atoms with Crippen molar-refractivity contribution in [1.82, 2.24) is 15.5 Å². The Balaban J connectivity index is 2.23. The molecule has 2 unspecified atom stereocenters. The van der Waals surface area contributed by atoms with Crippen LogP contribution in [0.15, 0.2) is 0 Å². The summed E-state index contributed by atoms with van der Waals surface area (Å²) in [6.07, 6.45) is 5.89. The lowest BCUT2D eigenvalue weighted by Crippen LogP contribution is -2.46. The first-order chi connectivity index (χ1) is 9.65. The molecular formula is C16H33N3O. The van der Waals surface area contributed by atoms with E-state index in [0.29, 0.717) is 18.5 Å². The molecule has 0 radical (unpaired) electrons. The van der Waals surface area contributed by atoms with Crippen LogP contribution in [0.4, 0.5) is 0 Å². The molecule has 0 aromatic heterocycles. The van der Waals surface area contributed by atoms with E-state index < -0.39 is 0 Å². The summed E-state index contributed by atoms with van der Waals surface area (Å²) in [5, 5.41) is 6.60. The van der Waals surface area contributed by atoms with Gasteiger partial charge < -0.3 is 10.6 Å². The molecule has 0 aromatic rings. The topological polar surface area (TPSA) is 44.4 Å². The normalized spacial score (nSPS) is 21.6. The highest BCUT2D eigenvalue weighted by atomic mass is 16.2. The van der Waals surface area contributed by atoms with Gasteiger partial charge in [0.15, 0.2) is 0 Å². The fourth-order valence-corrected chi connectivity index (χ4v) is 2.97. The maximum Gasteiger partial charge on any atom is 0.234 e. The number of amides is 1. The van der Waals surface area contributed by atoms with Crippen molar-refractivity contribution in [3.63, 3.8) is 0 Å². The summed E-state index contributed by atoms with van der Waals surface area (Å²) >= 11 is 0. The molecule has 20 heavy (non-hydrogen) atoms. The van der Waals surface area contributed by atoms with E-state index in [9.17, 15) is 4.79 Å². The van der Waals surface area contributed by atoms with E-state index in [0.717, 1.165) is 39.0 Å². The molecule has 0 bridgehead atoms. The van der Waals surface area contributed by atoms with Gasteiger partial charge in [-0.3, -0.25) is 9.69 Å². The standard InChI is InChI=1S/C16H33N3O/c1-4-7-14(3)18-16(20)13-19-10-6-8-15(12-19)11-17-9-5-2/h14-15,17H,4-13H2,1-3H3,(H,18,20). The molecular weight excluding hydrogens is 250 g/mol. The fraction of sp³-hybridized carbons (Fsp3) is 0.938. The average molecular weight is 283 g/mol. The number of rotatable bonds is 9. The SMILES string of the molecule is CCCNCC1CCCN(CC(=O)NC(C)CCC)C1. The molecule has 1 rings (SSSR count). The number of likely N-dealkylation sites (tertiary alicyclic amines) is 1. The van der Waals surface area contributed by atoms with Crippen molar-refractivity contribution in [2.45, 2.75) is 58.9 Å². The molecule has 0 aliphatic carbocycles. The number of nitrogens with zero attached hydrogens (tertiary/aromatic N) is 1. The molecule has 1 aliphatic heterocycles. The Morgan fingerprint density at radius 2 is 2.15 bits per heavy atom. The van der Waals surface area contributed by atoms with Gasteiger partial charge in [-0.15, -0.1) is 0 Å². The van der Waals surface area contributed by atoms with Gasteiger partial charge in [0.2, 0.25) is 5.91 Å². The minimum Gasteiger partial charge on any atom is -0.353 e. The second-order valence-corrected chi connectivity index (χ2v) is 6.20. The number of piperidine rings is 1. The summed E-state index contributed by atoms with van der Waals surface area (Å²) in [6.45, 7) is 11.3. The zero-order chi connectivity index (χ0) is 14.8. The first-order valence-electron chi connectivity index (χ1n) is 8.38. The van der Waals surface area contributed by atoms with Gasteiger partial charge in [0, 0.05) is 12.6 Å². The predicted molar refractivity (Wildman–Crippen MR) is 84.8 cm³/mol. The summed E-state index contributed by atoms with van der Waals surface area (Å²) in [7, 11) is 0. The molecule has 1 amide bonds. The molecule has 1 fully saturated rings. The van der Waals surface area contributed by atoms with E-state index in [2.05, 4.69) is 36.3 Å². The van der Waals surface area contributed by atoms with Crippen LogP contribution in [0.25, 0.3) is 0 Å². The Bertz CT molecular complexity index is 270. The highest BCUT2D eigenvalue weighted by molar-refractivity contribution is 5.78. The monoisotopic (exact) mass is 283 g/mol. The maximum atomic E-state index is 12.0. The van der Waals surface area contributed by atoms with Crippen LogP contribution in [0.2, 0.25) is 0 Å². The molecule has 1 aliphatic rings. The van der Waals surface area contributed by atoms with Crippen molar-refractivity contribution in [2.24, 2.45) is 5.92 Å². The predicted octanol–water partition coefficient (Wildman–Crippen LogP) is 2.00. The van der Waals surface area contributed by atoms with Crippen molar-refractivity contribution in [1.29, 1.82) is 0 Å². The van der Waals surface area contributed by atoms with Crippen LogP contribution in [0.5, 0.6) is 0 Å². The van der Waals surface area contributed by atoms with E-state index in [4.69, 9.17) is 0 Å². The number of carbonyl (C=O) groups is 1. The molecule has 0 aromatic carbocycles. The zero-order valence-electron chi connectivity index (χ0n) is 13.6. The first kappa shape index (κ1) is 17.4. The maximum absolute atomic E-state index is 12.0. The van der Waals surface area contributed by atoms with Crippen molar-refractivity contribution < 1.29 is 4.79 Å². The van der Waals surface area contributed by atoms with E-state index in [-0.39, 0.29) is 5.91 Å². The molecule has 0 saturated carbocycles. The van der Waals surface area contributed by atoms with E-state index in [1.807, 2.05) is 0 Å². The Labute approximate surface area is 124 Å². The molecule has 1 heterocycles. The second kappa shape index (κ2) is 10.2. The Morgan fingerprint density at radius 1 is 1.35 bits per heavy atom. The first-order valence-corrected chi connectivity index (χ1v) is 8.38. The fourth-order valence-electron chi connectivity index (χ4n) is 2.97. The molecule has 0 spiro atoms. The number of hydrogen-bond acceptors (Lipinski definition) is 3. The lowest BCUT2D eigenvalue weighted by atomic mass is 9.98. The lowest BCUT2D eigenvalue weighted by Gasteiger charge is -2.32. The molecule has 4 nitrogen and oxygen atoms in total. The molecule has 1 saturated heterocycles. The highest BCUT2D eigenvalue weighted by Crippen LogP contribution is 2.15. The number of nitrogens with one attached hydrogen (secondary N) is 2. The van der Waals surface area contributed by atoms with Crippen LogP contribution in [-0.2, 0) is 4.79 Å². The summed E-state index contributed by atoms with van der Waals surface area (Å²) in [5.74, 6) is 0.893. The summed E-state index contributed by atoms with van der Waals surface area (Å²) < 4.78 is 0. The van der Waals surface area contributed by atoms with Gasteiger partial charge in [-0.2, -0.15) is 0 Å². The molecule has 2 N–H and O–H groups in total. The van der Waals surface area contributed by atoms with Crippen LogP contribution in [0.3, 0.4) is 0 Å². The molecule has 2 atom stereocenters. The largest absolute Gasteiger partial charge is 0.353 e. The zero-order valence-corrected chi connectivity index (χ0v) is 13.6. The third kappa shape index (κ3) is 7.25. The van der Waals surface area contributed by atoms with Crippen molar-refractivity contribution in [2.75, 3.05) is 32.7 Å². The van der Waals surface area contributed by atoms with Gasteiger partial charge in [-0.25, -0.2) is 0 Å². The third-order valence-electron chi connectivity index (χ3n) is 3.96. The van der Waals surface area contributed by atoms with Crippen molar-refractivity contribution >= 4 is 5.91 Å². The number of hydrogen-bond donors (Lipinski definition) is 2. The van der Waals surface area contributed by atoms with Gasteiger partial charge in [0.05, 0.1) is 6.54 Å². The van der Waals surface area contributed by atoms with Crippen LogP contribution in [-0.4, -0.2) is 49.6 Å². The average Bonchev–Trinajstić information content (AvgIpc) is 2.39. The Morgan fingerprint density at radius 3 is 2.85 bits per heavy atom. The second-order valence-electron chi connectivity index (χ2n) is 6.20. The van der Waals surface area contributed by atoms with Gasteiger partial charge in [-0.05, 0) is 58.2 Å². The van der Waals surface area contributed by atoms with Crippen LogP contribution < -0.4 is 10.6 Å². The highest BCUT2D eigenvalue weighted by Gasteiger charge is 2.21. The summed E-state index contributed by atoms with van der Waals surface area (Å²) in [6, 6.07) is 0.305. The van der Waals surface area contributed by atoms with Gasteiger partial charge in [0.25, 0.3) is 0 Å². The lowest BCUT2D eigenvalue weighted by molar-refractivity contribution is -0.123. The van der Waals surface area contributed by atoms with Crippen LogP contribution >= 0.6 is 0 Å². The minimum atomic E-state index is 0.188. The summed E-state index contributed by atoms with van der Waals surface area (Å²) in [4.78, 5) is 14.3. The van der Waals surface area contributed by atoms with Gasteiger partial charge in [-0.1, -0.05) is 20.3 Å². The van der Waals surface area contributed by atoms with Gasteiger partial charge >= 0.3 is 0 Å². The van der Waals surface area contributed by atoms with E-state index in [1.54, 1.807) is 0 Å². The van der Waals surface area contributed by atoms with Crippen molar-refractivity contribution in [3.05, 3.63) is 0 Å². The quantitative estimate of drug-likeness (QED) is 0.636. The van der Waals surface area contributed by atoms with Crippen LogP contribution in [0, 0.1) is 5.92 Å². The van der Waals surface area contributed by atoms with Crippen LogP contribution in [0.1, 0.15) is 52.9 Å². The van der Waals surface area contributed by atoms with E-state index >= 15 is 0 Å². The third-order valence-corrected chi connectivity index (χ3v) is 3.96. The smallest absolute Gasteiger partial charge is 0.234 e. The summed E-state index contributed by atoms with van der Waals surface area (Å²) in [5.41, 5.74) is 0. The molecule has 118 valence electrons. The minimum absolute atomic E-state index is 0.188. The Kier molecular flexibility index (Phi) is 8.86. The van der Waals surface area contributed by atoms with Crippen molar-refractivity contribution in [3.8, 4) is 0 Å². The number of carbonyl (C=O) groups excluding carboxylic acids is 1. The van der Waals surface area contributed by atoms with E-state index in [1.165, 1.54) is 19.3 Å². The Hall–Kier alpha value is -0.610. The van der Waals surface area contributed by atoms with Gasteiger partial charge in [0.1, 0.15) is 0 Å². The molecule has 4 heteroatoms.